The highest BCUT2D eigenvalue weighted by Gasteiger charge is 2.17. The fourth-order valence-electron chi connectivity index (χ4n) is 3.12. The molecule has 0 aliphatic carbocycles. The van der Waals surface area contributed by atoms with Gasteiger partial charge in [0, 0.05) is 25.5 Å². The number of benzene rings is 2. The monoisotopic (exact) mass is 351 g/mol. The van der Waals surface area contributed by atoms with Crippen molar-refractivity contribution in [2.45, 2.75) is 13.1 Å². The fraction of sp³-hybridized carbons (Fsp3) is 0.286. The van der Waals surface area contributed by atoms with E-state index < -0.39 is 0 Å². The molecule has 0 saturated heterocycles. The van der Waals surface area contributed by atoms with Crippen LogP contribution >= 0.6 is 0 Å². The predicted octanol–water partition coefficient (Wildman–Crippen LogP) is 3.68. The van der Waals surface area contributed by atoms with Gasteiger partial charge in [-0.3, -0.25) is 0 Å². The van der Waals surface area contributed by atoms with Gasteiger partial charge in [-0.1, -0.05) is 30.3 Å². The summed E-state index contributed by atoms with van der Waals surface area (Å²) in [5.74, 6) is 2.33. The Bertz CT molecular complexity index is 849. The van der Waals surface area contributed by atoms with Crippen LogP contribution in [0.5, 0.6) is 11.5 Å². The molecule has 3 rings (SSSR count). The summed E-state index contributed by atoms with van der Waals surface area (Å²) in [6.45, 7) is 1.66. The summed E-state index contributed by atoms with van der Waals surface area (Å²) in [4.78, 5) is 6.73. The molecule has 0 atom stereocenters. The first-order valence-electron chi connectivity index (χ1n) is 8.57. The van der Waals surface area contributed by atoms with Gasteiger partial charge in [-0.05, 0) is 37.4 Å². The largest absolute Gasteiger partial charge is 0.496 e. The van der Waals surface area contributed by atoms with Crippen molar-refractivity contribution in [3.8, 4) is 22.9 Å². The molecule has 0 aliphatic rings. The molecule has 0 saturated carbocycles. The van der Waals surface area contributed by atoms with E-state index in [0.29, 0.717) is 0 Å². The summed E-state index contributed by atoms with van der Waals surface area (Å²) >= 11 is 0. The third kappa shape index (κ3) is 3.89. The van der Waals surface area contributed by atoms with Crippen molar-refractivity contribution in [2.75, 3.05) is 28.3 Å². The number of methoxy groups -OCH3 is 2. The van der Waals surface area contributed by atoms with Crippen molar-refractivity contribution in [3.63, 3.8) is 0 Å². The zero-order valence-corrected chi connectivity index (χ0v) is 15.8. The second kappa shape index (κ2) is 8.06. The van der Waals surface area contributed by atoms with Crippen LogP contribution in [0.1, 0.15) is 11.1 Å². The maximum absolute atomic E-state index is 5.54. The predicted molar refractivity (Wildman–Crippen MR) is 104 cm³/mol. The van der Waals surface area contributed by atoms with E-state index in [1.165, 1.54) is 11.1 Å². The molecule has 0 aliphatic heterocycles. The molecule has 136 valence electrons. The van der Waals surface area contributed by atoms with Crippen molar-refractivity contribution in [3.05, 3.63) is 66.0 Å². The molecule has 1 heterocycles. The van der Waals surface area contributed by atoms with E-state index in [2.05, 4.69) is 52.8 Å². The summed E-state index contributed by atoms with van der Waals surface area (Å²) in [6, 6.07) is 14.4. The minimum absolute atomic E-state index is 0.734. The lowest BCUT2D eigenvalue weighted by atomic mass is 10.1. The molecule has 0 spiro atoms. The summed E-state index contributed by atoms with van der Waals surface area (Å²) < 4.78 is 13.2. The van der Waals surface area contributed by atoms with Crippen LogP contribution < -0.4 is 9.47 Å². The minimum Gasteiger partial charge on any atom is -0.496 e. The van der Waals surface area contributed by atoms with Gasteiger partial charge in [-0.25, -0.2) is 4.98 Å². The second-order valence-electron chi connectivity index (χ2n) is 6.47. The summed E-state index contributed by atoms with van der Waals surface area (Å²) in [5, 5.41) is 0. The number of rotatable bonds is 7. The number of hydrogen-bond donors (Lipinski definition) is 0. The Kier molecular flexibility index (Phi) is 5.58. The Morgan fingerprint density at radius 1 is 0.962 bits per heavy atom. The maximum Gasteiger partial charge on any atom is 0.147 e. The number of aromatic nitrogens is 2. The topological polar surface area (TPSA) is 39.5 Å². The molecule has 5 nitrogen and oxygen atoms in total. The lowest BCUT2D eigenvalue weighted by Gasteiger charge is -2.15. The number of nitrogens with zero attached hydrogens (tertiary/aromatic N) is 3. The molecule has 1 aromatic heterocycles. The fourth-order valence-corrected chi connectivity index (χ4v) is 3.12. The molecule has 0 N–H and O–H groups in total. The van der Waals surface area contributed by atoms with Crippen LogP contribution in [0.3, 0.4) is 0 Å². The SMILES string of the molecule is COc1cccc(OC)c1-c1nccn1Cc1cccc(CN(C)C)c1. The zero-order valence-electron chi connectivity index (χ0n) is 15.8. The van der Waals surface area contributed by atoms with Crippen LogP contribution in [0.15, 0.2) is 54.9 Å². The van der Waals surface area contributed by atoms with Crippen molar-refractivity contribution >= 4 is 0 Å². The lowest BCUT2D eigenvalue weighted by Crippen LogP contribution is -2.11. The molecule has 0 unspecified atom stereocenters. The Morgan fingerprint density at radius 2 is 1.62 bits per heavy atom. The first-order valence-corrected chi connectivity index (χ1v) is 8.57. The third-order valence-corrected chi connectivity index (χ3v) is 4.21. The van der Waals surface area contributed by atoms with Crippen molar-refractivity contribution in [1.82, 2.24) is 14.5 Å². The number of hydrogen-bond acceptors (Lipinski definition) is 4. The van der Waals surface area contributed by atoms with Gasteiger partial charge >= 0.3 is 0 Å². The van der Waals surface area contributed by atoms with E-state index in [4.69, 9.17) is 9.47 Å². The Balaban J connectivity index is 1.96. The highest BCUT2D eigenvalue weighted by Crippen LogP contribution is 2.37. The molecular weight excluding hydrogens is 326 g/mol. The second-order valence-corrected chi connectivity index (χ2v) is 6.47. The Morgan fingerprint density at radius 3 is 2.27 bits per heavy atom. The lowest BCUT2D eigenvalue weighted by molar-refractivity contribution is 0.396. The van der Waals surface area contributed by atoms with Gasteiger partial charge in [-0.15, -0.1) is 0 Å². The van der Waals surface area contributed by atoms with Crippen LogP contribution in [0.4, 0.5) is 0 Å². The van der Waals surface area contributed by atoms with E-state index in [1.807, 2.05) is 30.6 Å². The average Bonchev–Trinajstić information content (AvgIpc) is 3.08. The van der Waals surface area contributed by atoms with E-state index >= 15 is 0 Å². The smallest absolute Gasteiger partial charge is 0.147 e. The van der Waals surface area contributed by atoms with Crippen LogP contribution in [-0.2, 0) is 13.1 Å². The molecule has 0 bridgehead atoms. The van der Waals surface area contributed by atoms with Gasteiger partial charge in [-0.2, -0.15) is 0 Å². The highest BCUT2D eigenvalue weighted by molar-refractivity contribution is 5.72. The normalized spacial score (nSPS) is 11.0. The minimum atomic E-state index is 0.734. The van der Waals surface area contributed by atoms with Crippen molar-refractivity contribution < 1.29 is 9.47 Å². The maximum atomic E-state index is 5.54. The molecule has 26 heavy (non-hydrogen) atoms. The van der Waals surface area contributed by atoms with E-state index in [-0.39, 0.29) is 0 Å². The van der Waals surface area contributed by atoms with Crippen LogP contribution in [0.25, 0.3) is 11.4 Å². The van der Waals surface area contributed by atoms with Gasteiger partial charge in [0.15, 0.2) is 0 Å². The molecular formula is C21H25N3O2. The zero-order chi connectivity index (χ0) is 18.5. The molecule has 0 amide bonds. The molecule has 2 aromatic carbocycles. The number of ether oxygens (including phenoxy) is 2. The van der Waals surface area contributed by atoms with Gasteiger partial charge < -0.3 is 18.9 Å². The van der Waals surface area contributed by atoms with Crippen LogP contribution in [-0.4, -0.2) is 42.8 Å². The standard InChI is InChI=1S/C21H25N3O2/c1-23(2)14-16-7-5-8-17(13-16)15-24-12-11-22-21(24)20-18(25-3)9-6-10-19(20)26-4/h5-13H,14-15H2,1-4H3. The molecule has 5 heteroatoms. The van der Waals surface area contributed by atoms with Gasteiger partial charge in [0.2, 0.25) is 0 Å². The van der Waals surface area contributed by atoms with Gasteiger partial charge in [0.25, 0.3) is 0 Å². The molecule has 3 aromatic rings. The number of imidazole rings is 1. The van der Waals surface area contributed by atoms with Crippen LogP contribution in [0, 0.1) is 0 Å². The van der Waals surface area contributed by atoms with Crippen molar-refractivity contribution in [1.29, 1.82) is 0 Å². The average molecular weight is 351 g/mol. The van der Waals surface area contributed by atoms with Gasteiger partial charge in [0.05, 0.1) is 14.2 Å². The van der Waals surface area contributed by atoms with E-state index in [1.54, 1.807) is 14.2 Å². The Hall–Kier alpha value is -2.79. The quantitative estimate of drug-likeness (QED) is 0.651. The summed E-state index contributed by atoms with van der Waals surface area (Å²) in [7, 11) is 7.48. The Labute approximate surface area is 154 Å². The van der Waals surface area contributed by atoms with Crippen molar-refractivity contribution in [2.24, 2.45) is 0 Å². The first kappa shape index (κ1) is 18.0. The van der Waals surface area contributed by atoms with Gasteiger partial charge in [0.1, 0.15) is 22.9 Å². The highest BCUT2D eigenvalue weighted by atomic mass is 16.5. The summed E-state index contributed by atoms with van der Waals surface area (Å²) in [6.07, 6.45) is 3.80. The molecule has 0 radical (unpaired) electrons. The first-order chi connectivity index (χ1) is 12.6. The van der Waals surface area contributed by atoms with E-state index in [0.717, 1.165) is 36.0 Å². The summed E-state index contributed by atoms with van der Waals surface area (Å²) in [5.41, 5.74) is 3.40. The van der Waals surface area contributed by atoms with E-state index in [9.17, 15) is 0 Å². The van der Waals surface area contributed by atoms with Crippen LogP contribution in [0.2, 0.25) is 0 Å². The molecule has 0 fully saturated rings. The third-order valence-electron chi connectivity index (χ3n) is 4.21.